The average molecular weight is 170 g/mol. The van der Waals surface area contributed by atoms with Crippen molar-refractivity contribution in [2.75, 3.05) is 14.2 Å². The van der Waals surface area contributed by atoms with Gasteiger partial charge in [0.05, 0.1) is 5.60 Å². The third kappa shape index (κ3) is 4.93. The Morgan fingerprint density at radius 1 is 1.50 bits per heavy atom. The van der Waals surface area contributed by atoms with E-state index in [-0.39, 0.29) is 5.60 Å². The smallest absolute Gasteiger partial charge is 0.0806 e. The van der Waals surface area contributed by atoms with Gasteiger partial charge in [0, 0.05) is 19.9 Å². The van der Waals surface area contributed by atoms with E-state index in [4.69, 9.17) is 4.74 Å². The fourth-order valence-electron chi connectivity index (χ4n) is 0.572. The van der Waals surface area contributed by atoms with Crippen LogP contribution < -0.4 is 10.9 Å². The molecule has 0 atom stereocenters. The molecular weight excluding hydrogens is 152 g/mol. The first kappa shape index (κ1) is 11.2. The first-order chi connectivity index (χ1) is 5.52. The van der Waals surface area contributed by atoms with E-state index in [1.165, 1.54) is 0 Å². The molecule has 0 spiro atoms. The Morgan fingerprint density at radius 3 is 2.50 bits per heavy atom. The van der Waals surface area contributed by atoms with Crippen molar-refractivity contribution in [1.29, 1.82) is 0 Å². The van der Waals surface area contributed by atoms with E-state index in [1.807, 2.05) is 26.0 Å². The lowest BCUT2D eigenvalue weighted by molar-refractivity contribution is 0.0655. The number of hydrogen-bond donors (Lipinski definition) is 2. The molecule has 0 heterocycles. The van der Waals surface area contributed by atoms with Gasteiger partial charge >= 0.3 is 0 Å². The molecule has 0 bridgehead atoms. The van der Waals surface area contributed by atoms with Crippen LogP contribution in [0.25, 0.3) is 0 Å². The Morgan fingerprint density at radius 2 is 2.08 bits per heavy atom. The van der Waals surface area contributed by atoms with E-state index >= 15 is 0 Å². The van der Waals surface area contributed by atoms with Crippen LogP contribution in [0.5, 0.6) is 0 Å². The molecule has 0 aromatic rings. The van der Waals surface area contributed by atoms with Gasteiger partial charge in [0.15, 0.2) is 0 Å². The van der Waals surface area contributed by atoms with Gasteiger partial charge in [0.1, 0.15) is 0 Å². The summed E-state index contributed by atoms with van der Waals surface area (Å²) in [4.78, 5) is 0. The maximum absolute atomic E-state index is 5.19. The van der Waals surface area contributed by atoms with E-state index in [0.29, 0.717) is 0 Å². The van der Waals surface area contributed by atoms with E-state index in [0.717, 1.165) is 5.70 Å². The summed E-state index contributed by atoms with van der Waals surface area (Å²) in [6.45, 7) is 7.73. The van der Waals surface area contributed by atoms with E-state index < -0.39 is 0 Å². The highest BCUT2D eigenvalue weighted by Crippen LogP contribution is 2.09. The fourth-order valence-corrected chi connectivity index (χ4v) is 0.572. The highest BCUT2D eigenvalue weighted by molar-refractivity contribution is 5.15. The SMILES string of the molecule is C=C(/C=C\C(C)(C)OC)NNC. The van der Waals surface area contributed by atoms with E-state index in [9.17, 15) is 0 Å². The zero-order chi connectivity index (χ0) is 9.61. The molecule has 0 radical (unpaired) electrons. The summed E-state index contributed by atoms with van der Waals surface area (Å²) in [6, 6.07) is 0. The lowest BCUT2D eigenvalue weighted by Crippen LogP contribution is -2.26. The first-order valence-electron chi connectivity index (χ1n) is 3.88. The number of ether oxygens (including phenoxy) is 1. The van der Waals surface area contributed by atoms with Gasteiger partial charge in [-0.25, -0.2) is 5.43 Å². The zero-order valence-electron chi connectivity index (χ0n) is 8.27. The number of nitrogens with one attached hydrogen (secondary N) is 2. The summed E-state index contributed by atoms with van der Waals surface area (Å²) in [6.07, 6.45) is 3.82. The fraction of sp³-hybridized carbons (Fsp3) is 0.556. The summed E-state index contributed by atoms with van der Waals surface area (Å²) >= 11 is 0. The van der Waals surface area contributed by atoms with Crippen molar-refractivity contribution in [3.05, 3.63) is 24.4 Å². The molecule has 0 aliphatic heterocycles. The molecule has 12 heavy (non-hydrogen) atoms. The summed E-state index contributed by atoms with van der Waals surface area (Å²) < 4.78 is 5.19. The number of hydrogen-bond acceptors (Lipinski definition) is 3. The standard InChI is InChI=1S/C9H18N2O/c1-8(11-10-4)6-7-9(2,3)12-5/h6-7,10-11H,1H2,2-5H3/b7-6-. The molecule has 0 fully saturated rings. The van der Waals surface area contributed by atoms with Crippen LogP contribution in [0, 0.1) is 0 Å². The molecule has 0 aromatic heterocycles. The summed E-state index contributed by atoms with van der Waals surface area (Å²) in [7, 11) is 3.47. The lowest BCUT2D eigenvalue weighted by Gasteiger charge is -2.17. The second-order valence-electron chi connectivity index (χ2n) is 3.04. The lowest BCUT2D eigenvalue weighted by atomic mass is 10.1. The summed E-state index contributed by atoms with van der Waals surface area (Å²) in [5.41, 5.74) is 6.21. The third-order valence-electron chi connectivity index (χ3n) is 1.50. The molecular formula is C9H18N2O. The monoisotopic (exact) mass is 170 g/mol. The first-order valence-corrected chi connectivity index (χ1v) is 3.88. The second kappa shape index (κ2) is 4.95. The molecule has 70 valence electrons. The van der Waals surface area contributed by atoms with Crippen LogP contribution in [0.1, 0.15) is 13.8 Å². The number of hydrazine groups is 1. The Kier molecular flexibility index (Phi) is 4.62. The van der Waals surface area contributed by atoms with Gasteiger partial charge in [-0.05, 0) is 19.9 Å². The highest BCUT2D eigenvalue weighted by atomic mass is 16.5. The molecule has 3 heteroatoms. The maximum Gasteiger partial charge on any atom is 0.0806 e. The van der Waals surface area contributed by atoms with Gasteiger partial charge in [0.2, 0.25) is 0 Å². The van der Waals surface area contributed by atoms with Crippen LogP contribution in [0.2, 0.25) is 0 Å². The van der Waals surface area contributed by atoms with Crippen molar-refractivity contribution in [3.8, 4) is 0 Å². The minimum atomic E-state index is -0.238. The van der Waals surface area contributed by atoms with Gasteiger partial charge in [-0.1, -0.05) is 12.7 Å². The Labute approximate surface area is 74.5 Å². The quantitative estimate of drug-likeness (QED) is 0.480. The number of allylic oxidation sites excluding steroid dienone is 1. The molecule has 0 saturated heterocycles. The van der Waals surface area contributed by atoms with E-state index in [1.54, 1.807) is 14.2 Å². The Bertz CT molecular complexity index is 173. The normalized spacial score (nSPS) is 12.0. The van der Waals surface area contributed by atoms with Crippen molar-refractivity contribution >= 4 is 0 Å². The minimum absolute atomic E-state index is 0.238. The molecule has 3 nitrogen and oxygen atoms in total. The van der Waals surface area contributed by atoms with Gasteiger partial charge < -0.3 is 10.2 Å². The van der Waals surface area contributed by atoms with E-state index in [2.05, 4.69) is 17.4 Å². The van der Waals surface area contributed by atoms with Gasteiger partial charge in [0.25, 0.3) is 0 Å². The molecule has 0 unspecified atom stereocenters. The van der Waals surface area contributed by atoms with Gasteiger partial charge in [-0.3, -0.25) is 0 Å². The van der Waals surface area contributed by atoms with Crippen molar-refractivity contribution < 1.29 is 4.74 Å². The van der Waals surface area contributed by atoms with Crippen molar-refractivity contribution in [2.24, 2.45) is 0 Å². The molecule has 0 aromatic carbocycles. The largest absolute Gasteiger partial charge is 0.375 e. The Balaban J connectivity index is 3.97. The molecule has 2 N–H and O–H groups in total. The summed E-state index contributed by atoms with van der Waals surface area (Å²) in [5.74, 6) is 0. The molecule has 0 rings (SSSR count). The molecule has 0 amide bonds. The number of rotatable bonds is 5. The molecule has 0 aliphatic rings. The van der Waals surface area contributed by atoms with Crippen LogP contribution in [-0.2, 0) is 4.74 Å². The van der Waals surface area contributed by atoms with Crippen LogP contribution in [0.4, 0.5) is 0 Å². The van der Waals surface area contributed by atoms with Gasteiger partial charge in [-0.2, -0.15) is 0 Å². The minimum Gasteiger partial charge on any atom is -0.375 e. The van der Waals surface area contributed by atoms with Crippen LogP contribution in [-0.4, -0.2) is 19.8 Å². The second-order valence-corrected chi connectivity index (χ2v) is 3.04. The van der Waals surface area contributed by atoms with Crippen LogP contribution >= 0.6 is 0 Å². The van der Waals surface area contributed by atoms with Crippen LogP contribution in [0.3, 0.4) is 0 Å². The number of methoxy groups -OCH3 is 1. The van der Waals surface area contributed by atoms with Crippen molar-refractivity contribution in [1.82, 2.24) is 10.9 Å². The predicted molar refractivity (Wildman–Crippen MR) is 51.6 cm³/mol. The van der Waals surface area contributed by atoms with Crippen LogP contribution in [0.15, 0.2) is 24.4 Å². The summed E-state index contributed by atoms with van der Waals surface area (Å²) in [5, 5.41) is 0. The highest BCUT2D eigenvalue weighted by Gasteiger charge is 2.10. The molecule has 0 aliphatic carbocycles. The zero-order valence-corrected chi connectivity index (χ0v) is 8.27. The van der Waals surface area contributed by atoms with Gasteiger partial charge in [-0.15, -0.1) is 0 Å². The topological polar surface area (TPSA) is 33.3 Å². The molecule has 0 saturated carbocycles. The Hall–Kier alpha value is -0.800. The van der Waals surface area contributed by atoms with Crippen molar-refractivity contribution in [2.45, 2.75) is 19.4 Å². The third-order valence-corrected chi connectivity index (χ3v) is 1.50. The van der Waals surface area contributed by atoms with Crippen molar-refractivity contribution in [3.63, 3.8) is 0 Å². The predicted octanol–water partition coefficient (Wildman–Crippen LogP) is 1.21. The average Bonchev–Trinajstić information content (AvgIpc) is 2.02. The maximum atomic E-state index is 5.19.